The van der Waals surface area contributed by atoms with Gasteiger partial charge in [0.2, 0.25) is 0 Å². The number of carbonyl (C=O) groups excluding carboxylic acids is 2. The van der Waals surface area contributed by atoms with Crippen molar-refractivity contribution in [3.63, 3.8) is 0 Å². The molecule has 2 heterocycles. The molecule has 16 atom stereocenters. The van der Waals surface area contributed by atoms with Crippen LogP contribution in [-0.4, -0.2) is 92.9 Å². The maximum absolute atomic E-state index is 13.1. The minimum atomic E-state index is -2.17. The first-order chi connectivity index (χ1) is 20.3. The fourth-order valence-corrected chi connectivity index (χ4v) is 10.7. The van der Waals surface area contributed by atoms with Crippen molar-refractivity contribution in [1.82, 2.24) is 0 Å². The second-order valence-corrected chi connectivity index (χ2v) is 15.2. The molecule has 2 saturated heterocycles. The number of esters is 1. The van der Waals surface area contributed by atoms with E-state index >= 15 is 0 Å². The third-order valence-electron chi connectivity index (χ3n) is 13.1. The van der Waals surface area contributed by atoms with Crippen LogP contribution in [0.3, 0.4) is 0 Å². The highest BCUT2D eigenvalue weighted by Gasteiger charge is 2.69. The number of ether oxygens (including phenoxy) is 3. The van der Waals surface area contributed by atoms with Crippen molar-refractivity contribution >= 4 is 12.3 Å². The van der Waals surface area contributed by atoms with Gasteiger partial charge in [-0.2, -0.15) is 0 Å². The number of hydrogen-bond acceptors (Lipinski definition) is 10. The summed E-state index contributed by atoms with van der Waals surface area (Å²) in [7, 11) is 0. The Labute approximate surface area is 253 Å². The lowest BCUT2D eigenvalue weighted by Gasteiger charge is -2.60. The lowest BCUT2D eigenvalue weighted by Crippen LogP contribution is -2.58. The minimum Gasteiger partial charge on any atom is -0.459 e. The van der Waals surface area contributed by atoms with Crippen LogP contribution in [0, 0.1) is 46.3 Å². The number of aldehydes is 1. The average Bonchev–Trinajstić information content (AvgIpc) is 3.43. The van der Waals surface area contributed by atoms with Crippen LogP contribution in [0.15, 0.2) is 11.6 Å². The maximum Gasteiger partial charge on any atom is 0.338 e. The smallest absolute Gasteiger partial charge is 0.338 e. The van der Waals surface area contributed by atoms with Crippen LogP contribution in [0.4, 0.5) is 0 Å². The fraction of sp³-hybridized carbons (Fsp3) is 0.879. The maximum atomic E-state index is 13.1. The molecule has 6 aliphatic rings. The first-order valence-electron chi connectivity index (χ1n) is 16.3. The van der Waals surface area contributed by atoms with Crippen molar-refractivity contribution in [2.24, 2.45) is 46.3 Å². The second kappa shape index (κ2) is 11.1. The highest BCUT2D eigenvalue weighted by molar-refractivity contribution is 5.75. The van der Waals surface area contributed by atoms with Gasteiger partial charge in [0.15, 0.2) is 18.2 Å². The molecule has 0 aromatic rings. The summed E-state index contributed by atoms with van der Waals surface area (Å²) in [6.07, 6.45) is -0.781. The van der Waals surface area contributed by atoms with E-state index in [9.17, 15) is 35.1 Å². The molecule has 5 N–H and O–H groups in total. The molecule has 0 aromatic heterocycles. The lowest BCUT2D eigenvalue weighted by molar-refractivity contribution is -0.272. The number of allylic oxidation sites excluding steroid dienone is 1. The van der Waals surface area contributed by atoms with Crippen LogP contribution in [-0.2, 0) is 23.8 Å². The molecule has 0 radical (unpaired) electrons. The molecule has 1 spiro atoms. The van der Waals surface area contributed by atoms with Crippen molar-refractivity contribution in [2.75, 3.05) is 6.61 Å². The molecule has 43 heavy (non-hydrogen) atoms. The topological polar surface area (TPSA) is 163 Å². The van der Waals surface area contributed by atoms with Crippen LogP contribution in [0.25, 0.3) is 0 Å². The van der Waals surface area contributed by atoms with Crippen molar-refractivity contribution in [2.45, 2.75) is 128 Å². The van der Waals surface area contributed by atoms with E-state index in [1.54, 1.807) is 0 Å². The van der Waals surface area contributed by atoms with Crippen LogP contribution in [0.1, 0.15) is 79.1 Å². The van der Waals surface area contributed by atoms with Gasteiger partial charge in [0.25, 0.3) is 0 Å². The van der Waals surface area contributed by atoms with Crippen LogP contribution >= 0.6 is 0 Å². The van der Waals surface area contributed by atoms with E-state index in [1.165, 1.54) is 0 Å². The van der Waals surface area contributed by atoms with Crippen molar-refractivity contribution in [1.29, 1.82) is 0 Å². The molecular weight excluding hydrogens is 556 g/mol. The van der Waals surface area contributed by atoms with Gasteiger partial charge in [0.05, 0.1) is 18.8 Å². The normalized spacial score (nSPS) is 49.9. The summed E-state index contributed by atoms with van der Waals surface area (Å²) < 4.78 is 19.2. The van der Waals surface area contributed by atoms with Crippen LogP contribution < -0.4 is 0 Å². The van der Waals surface area contributed by atoms with E-state index < -0.39 is 53.8 Å². The number of aliphatic hydroxyl groups excluding tert-OH is 5. The predicted octanol–water partition coefficient (Wildman–Crippen LogP) is 1.88. The van der Waals surface area contributed by atoms with E-state index in [0.717, 1.165) is 50.7 Å². The summed E-state index contributed by atoms with van der Waals surface area (Å²) in [5.41, 5.74) is 0.588. The summed E-state index contributed by atoms with van der Waals surface area (Å²) >= 11 is 0. The molecule has 5 fully saturated rings. The molecule has 0 bridgehead atoms. The van der Waals surface area contributed by atoms with Crippen molar-refractivity contribution in [3.8, 4) is 0 Å². The largest absolute Gasteiger partial charge is 0.459 e. The fourth-order valence-electron chi connectivity index (χ4n) is 10.7. The molecular formula is C33H50O10. The van der Waals surface area contributed by atoms with Crippen molar-refractivity contribution < 1.29 is 49.3 Å². The van der Waals surface area contributed by atoms with E-state index in [2.05, 4.69) is 33.8 Å². The molecule has 4 aliphatic carbocycles. The Bertz CT molecular complexity index is 1120. The molecule has 3 saturated carbocycles. The lowest BCUT2D eigenvalue weighted by atomic mass is 9.46. The third kappa shape index (κ3) is 4.77. The zero-order chi connectivity index (χ0) is 31.1. The molecule has 0 amide bonds. The third-order valence-corrected chi connectivity index (χ3v) is 13.1. The van der Waals surface area contributed by atoms with Gasteiger partial charge in [-0.1, -0.05) is 39.3 Å². The first-order valence-corrected chi connectivity index (χ1v) is 16.3. The van der Waals surface area contributed by atoms with Gasteiger partial charge < -0.3 is 44.5 Å². The standard InChI is InChI=1S/C33H50O10/c1-16-7-10-33(41-15-16)17(2)26-24(43-33)13-22-20-6-5-18-11-19(35)12-25(32(18,4)21(20)8-9-31(22,26)3)42-30(40)29(39)28(38)27(37)23(36)14-34/h5,14,16-17,19-29,35-39H,6-13,15H2,1-4H3/t16-,17+,19-,20-,21+,22+,23+,24+,25-,26+,27-,28+,29+,31+,32+,33-/m1/s1. The van der Waals surface area contributed by atoms with E-state index in [4.69, 9.17) is 14.2 Å². The first kappa shape index (κ1) is 31.6. The number of aliphatic hydroxyl groups is 5. The molecule has 10 nitrogen and oxygen atoms in total. The highest BCUT2D eigenvalue weighted by Crippen LogP contribution is 2.70. The molecule has 6 rings (SSSR count). The number of hydrogen-bond donors (Lipinski definition) is 5. The number of rotatable bonds is 6. The van der Waals surface area contributed by atoms with Crippen LogP contribution in [0.5, 0.6) is 0 Å². The van der Waals surface area contributed by atoms with E-state index in [-0.39, 0.29) is 30.1 Å². The van der Waals surface area contributed by atoms with Gasteiger partial charge in [0.1, 0.15) is 24.4 Å². The summed E-state index contributed by atoms with van der Waals surface area (Å²) in [6, 6.07) is 0. The Morgan fingerprint density at radius 3 is 2.49 bits per heavy atom. The second-order valence-electron chi connectivity index (χ2n) is 15.2. The SMILES string of the molecule is C[C@@H]1CC[C@@]2(OC1)O[C@H]1C[C@H]3[C@@H]4CC=C5C[C@@H](O)C[C@@H](OC(=O)[C@@H](O)[C@@H](O)[C@H](O)[C@@H](O)C=O)[C@]5(C)[C@H]4CC[C@]3(C)[C@H]1[C@@H]2C. The summed E-state index contributed by atoms with van der Waals surface area (Å²) in [4.78, 5) is 23.9. The summed E-state index contributed by atoms with van der Waals surface area (Å²) in [5.74, 6) is 0.600. The average molecular weight is 607 g/mol. The van der Waals surface area contributed by atoms with E-state index in [1.807, 2.05) is 0 Å². The summed E-state index contributed by atoms with van der Waals surface area (Å²) in [5, 5.41) is 51.0. The van der Waals surface area contributed by atoms with Gasteiger partial charge in [-0.25, -0.2) is 4.79 Å². The Morgan fingerprint density at radius 1 is 1.07 bits per heavy atom. The minimum absolute atomic E-state index is 0.0198. The molecule has 0 unspecified atom stereocenters. The Balaban J connectivity index is 1.23. The monoisotopic (exact) mass is 606 g/mol. The summed E-state index contributed by atoms with van der Waals surface area (Å²) in [6.45, 7) is 9.86. The quantitative estimate of drug-likeness (QED) is 0.171. The number of carbonyl (C=O) groups is 2. The molecule has 2 aliphatic heterocycles. The Kier molecular flexibility index (Phi) is 8.18. The van der Waals surface area contributed by atoms with E-state index in [0.29, 0.717) is 36.0 Å². The zero-order valence-corrected chi connectivity index (χ0v) is 25.8. The predicted molar refractivity (Wildman–Crippen MR) is 153 cm³/mol. The molecule has 10 heteroatoms. The van der Waals surface area contributed by atoms with Gasteiger partial charge in [-0.3, -0.25) is 0 Å². The Morgan fingerprint density at radius 2 is 1.81 bits per heavy atom. The van der Waals surface area contributed by atoms with Gasteiger partial charge in [-0.05, 0) is 73.5 Å². The number of fused-ring (bicyclic) bond motifs is 7. The van der Waals surface area contributed by atoms with Gasteiger partial charge in [-0.15, -0.1) is 0 Å². The van der Waals surface area contributed by atoms with Crippen LogP contribution in [0.2, 0.25) is 0 Å². The highest BCUT2D eigenvalue weighted by atomic mass is 16.7. The van der Waals surface area contributed by atoms with Crippen molar-refractivity contribution in [3.05, 3.63) is 11.6 Å². The van der Waals surface area contributed by atoms with Gasteiger partial charge in [0, 0.05) is 24.2 Å². The molecule has 242 valence electrons. The Hall–Kier alpha value is -1.40. The zero-order valence-electron chi connectivity index (χ0n) is 25.8. The van der Waals surface area contributed by atoms with Gasteiger partial charge >= 0.3 is 5.97 Å². The molecule has 0 aromatic carbocycles.